The lowest BCUT2D eigenvalue weighted by atomic mass is 9.89. The molecule has 26 heavy (non-hydrogen) atoms. The normalized spacial score (nSPS) is 18.1. The first kappa shape index (κ1) is 19.2. The third kappa shape index (κ3) is 4.22. The van der Waals surface area contributed by atoms with E-state index in [4.69, 9.17) is 11.6 Å². The number of benzene rings is 1. The summed E-state index contributed by atoms with van der Waals surface area (Å²) >= 11 is 7.75. The van der Waals surface area contributed by atoms with Crippen molar-refractivity contribution in [3.05, 3.63) is 45.4 Å². The minimum Gasteiger partial charge on any atom is -0.354 e. The van der Waals surface area contributed by atoms with Crippen molar-refractivity contribution in [2.75, 3.05) is 32.1 Å². The highest BCUT2D eigenvalue weighted by atomic mass is 35.5. The van der Waals surface area contributed by atoms with E-state index in [1.807, 2.05) is 19.0 Å². The van der Waals surface area contributed by atoms with Crippen LogP contribution in [0.4, 0.5) is 13.9 Å². The minimum absolute atomic E-state index is 0.164. The molecule has 1 fully saturated rings. The Labute approximate surface area is 160 Å². The van der Waals surface area contributed by atoms with Gasteiger partial charge in [-0.25, -0.2) is 13.8 Å². The number of ketones is 1. The highest BCUT2D eigenvalue weighted by Gasteiger charge is 2.29. The Hall–Kier alpha value is -1.57. The molecule has 2 heterocycles. The van der Waals surface area contributed by atoms with E-state index in [1.54, 1.807) is 0 Å². The van der Waals surface area contributed by atoms with Gasteiger partial charge in [-0.1, -0.05) is 22.9 Å². The van der Waals surface area contributed by atoms with Gasteiger partial charge in [0.15, 0.2) is 10.9 Å². The second-order valence-electron chi connectivity index (χ2n) is 6.67. The van der Waals surface area contributed by atoms with Crippen molar-refractivity contribution in [1.29, 1.82) is 0 Å². The molecule has 3 rings (SSSR count). The van der Waals surface area contributed by atoms with Crippen LogP contribution in [0.25, 0.3) is 0 Å². The number of rotatable bonds is 5. The zero-order valence-electron chi connectivity index (χ0n) is 14.6. The summed E-state index contributed by atoms with van der Waals surface area (Å²) in [6.07, 6.45) is 1.49. The largest absolute Gasteiger partial charge is 0.354 e. The van der Waals surface area contributed by atoms with Gasteiger partial charge in [0.25, 0.3) is 0 Å². The zero-order chi connectivity index (χ0) is 18.8. The lowest BCUT2D eigenvalue weighted by Crippen LogP contribution is -2.38. The second-order valence-corrected chi connectivity index (χ2v) is 8.09. The molecule has 140 valence electrons. The van der Waals surface area contributed by atoms with Gasteiger partial charge in [0.1, 0.15) is 16.8 Å². The number of hydrogen-bond donors (Lipinski definition) is 0. The molecule has 0 radical (unpaired) electrons. The number of hydrogen-bond acceptors (Lipinski definition) is 5. The number of piperidine rings is 1. The third-order valence-corrected chi connectivity index (χ3v) is 6.09. The average molecular weight is 400 g/mol. The van der Waals surface area contributed by atoms with Crippen LogP contribution >= 0.6 is 22.9 Å². The Morgan fingerprint density at radius 2 is 2.19 bits per heavy atom. The van der Waals surface area contributed by atoms with Gasteiger partial charge in [-0.2, -0.15) is 0 Å². The van der Waals surface area contributed by atoms with Crippen LogP contribution in [0.5, 0.6) is 0 Å². The molecule has 0 saturated carbocycles. The van der Waals surface area contributed by atoms with Crippen molar-refractivity contribution in [2.45, 2.75) is 19.4 Å². The van der Waals surface area contributed by atoms with Crippen LogP contribution < -0.4 is 4.90 Å². The van der Waals surface area contributed by atoms with E-state index in [1.165, 1.54) is 11.3 Å². The summed E-state index contributed by atoms with van der Waals surface area (Å²) < 4.78 is 27.3. The van der Waals surface area contributed by atoms with Gasteiger partial charge in [-0.05, 0) is 37.6 Å². The van der Waals surface area contributed by atoms with E-state index >= 15 is 0 Å². The number of likely N-dealkylation sites (tertiary alicyclic amines) is 1. The Morgan fingerprint density at radius 3 is 2.88 bits per heavy atom. The first-order chi connectivity index (χ1) is 12.3. The lowest BCUT2D eigenvalue weighted by molar-refractivity contribution is 0.0808. The Balaban J connectivity index is 1.71. The molecule has 1 aromatic heterocycles. The molecule has 1 atom stereocenters. The number of carbonyl (C=O) groups excluding carboxylic acids is 1. The maximum Gasteiger partial charge on any atom is 0.186 e. The van der Waals surface area contributed by atoms with Crippen LogP contribution in [0.2, 0.25) is 5.15 Å². The predicted molar refractivity (Wildman–Crippen MR) is 100 cm³/mol. The van der Waals surface area contributed by atoms with Crippen molar-refractivity contribution in [3.63, 3.8) is 0 Å². The van der Waals surface area contributed by atoms with Crippen molar-refractivity contribution in [3.8, 4) is 0 Å². The molecule has 1 aromatic carbocycles. The maximum absolute atomic E-state index is 13.9. The summed E-state index contributed by atoms with van der Waals surface area (Å²) in [4.78, 5) is 21.9. The van der Waals surface area contributed by atoms with Gasteiger partial charge >= 0.3 is 0 Å². The van der Waals surface area contributed by atoms with E-state index in [2.05, 4.69) is 9.88 Å². The number of nitrogens with zero attached hydrogens (tertiary/aromatic N) is 3. The SMILES string of the molecule is CN(C)c1nc(Cl)c(CN2CCC[C@H](C(=O)c3cc(F)ccc3F)C2)s1. The summed E-state index contributed by atoms with van der Waals surface area (Å²) in [6, 6.07) is 3.01. The highest BCUT2D eigenvalue weighted by Crippen LogP contribution is 2.31. The van der Waals surface area contributed by atoms with Crippen LogP contribution in [-0.4, -0.2) is 42.9 Å². The van der Waals surface area contributed by atoms with E-state index in [0.717, 1.165) is 41.2 Å². The summed E-state index contributed by atoms with van der Waals surface area (Å²) in [7, 11) is 3.81. The third-order valence-electron chi connectivity index (χ3n) is 4.46. The number of thiazole rings is 1. The van der Waals surface area contributed by atoms with Crippen LogP contribution in [0.15, 0.2) is 18.2 Å². The smallest absolute Gasteiger partial charge is 0.186 e. The minimum atomic E-state index is -0.672. The molecule has 0 bridgehead atoms. The molecule has 0 amide bonds. The van der Waals surface area contributed by atoms with Gasteiger partial charge in [-0.15, -0.1) is 0 Å². The first-order valence-electron chi connectivity index (χ1n) is 8.39. The molecular formula is C18H20ClF2N3OS. The van der Waals surface area contributed by atoms with E-state index in [-0.39, 0.29) is 17.3 Å². The lowest BCUT2D eigenvalue weighted by Gasteiger charge is -2.31. The number of anilines is 1. The van der Waals surface area contributed by atoms with Gasteiger partial charge in [0.05, 0.1) is 10.4 Å². The Morgan fingerprint density at radius 1 is 1.42 bits per heavy atom. The maximum atomic E-state index is 13.9. The summed E-state index contributed by atoms with van der Waals surface area (Å²) in [6.45, 7) is 1.93. The Bertz CT molecular complexity index is 812. The van der Waals surface area contributed by atoms with Crippen molar-refractivity contribution in [1.82, 2.24) is 9.88 Å². The van der Waals surface area contributed by atoms with Crippen LogP contribution in [0.3, 0.4) is 0 Å². The highest BCUT2D eigenvalue weighted by molar-refractivity contribution is 7.16. The molecule has 0 unspecified atom stereocenters. The van der Waals surface area contributed by atoms with E-state index < -0.39 is 11.6 Å². The van der Waals surface area contributed by atoms with Gasteiger partial charge in [-0.3, -0.25) is 9.69 Å². The van der Waals surface area contributed by atoms with Gasteiger partial charge < -0.3 is 4.90 Å². The average Bonchev–Trinajstić information content (AvgIpc) is 2.98. The van der Waals surface area contributed by atoms with Crippen molar-refractivity contribution >= 4 is 33.9 Å². The monoisotopic (exact) mass is 399 g/mol. The standard InChI is InChI=1S/C18H20ClF2N3OS/c1-23(2)18-22-17(19)15(26-18)10-24-7-3-4-11(9-24)16(25)13-8-12(20)5-6-14(13)21/h5-6,8,11H,3-4,7,9-10H2,1-2H3/t11-/m0/s1. The molecule has 2 aromatic rings. The molecule has 1 aliphatic heterocycles. The quantitative estimate of drug-likeness (QED) is 0.705. The number of halogens is 3. The summed E-state index contributed by atoms with van der Waals surface area (Å²) in [5.41, 5.74) is -0.164. The van der Waals surface area contributed by atoms with Gasteiger partial charge in [0, 0.05) is 33.1 Å². The molecular weight excluding hydrogens is 380 g/mol. The zero-order valence-corrected chi connectivity index (χ0v) is 16.2. The number of Topliss-reactive ketones (excluding diaryl/α,β-unsaturated/α-hetero) is 1. The summed E-state index contributed by atoms with van der Waals surface area (Å²) in [5, 5.41) is 1.31. The first-order valence-corrected chi connectivity index (χ1v) is 9.58. The second kappa shape index (κ2) is 7.98. The number of aromatic nitrogens is 1. The van der Waals surface area contributed by atoms with Crippen LogP contribution in [-0.2, 0) is 6.54 Å². The number of carbonyl (C=O) groups is 1. The Kier molecular flexibility index (Phi) is 5.89. The van der Waals surface area contributed by atoms with E-state index in [9.17, 15) is 13.6 Å². The molecule has 1 aliphatic rings. The fraction of sp³-hybridized carbons (Fsp3) is 0.444. The fourth-order valence-corrected chi connectivity index (χ4v) is 4.36. The predicted octanol–water partition coefficient (Wildman–Crippen LogP) is 4.24. The fourth-order valence-electron chi connectivity index (χ4n) is 3.13. The van der Waals surface area contributed by atoms with Crippen LogP contribution in [0.1, 0.15) is 28.1 Å². The molecule has 0 spiro atoms. The molecule has 4 nitrogen and oxygen atoms in total. The van der Waals surface area contributed by atoms with E-state index in [0.29, 0.717) is 24.7 Å². The van der Waals surface area contributed by atoms with Crippen molar-refractivity contribution in [2.24, 2.45) is 5.92 Å². The molecule has 0 aliphatic carbocycles. The molecule has 1 saturated heterocycles. The molecule has 8 heteroatoms. The topological polar surface area (TPSA) is 36.4 Å². The van der Waals surface area contributed by atoms with Crippen LogP contribution in [0, 0.1) is 17.6 Å². The van der Waals surface area contributed by atoms with Gasteiger partial charge in [0.2, 0.25) is 0 Å². The summed E-state index contributed by atoms with van der Waals surface area (Å²) in [5.74, 6) is -1.96. The molecule has 0 N–H and O–H groups in total. The van der Waals surface area contributed by atoms with Crippen molar-refractivity contribution < 1.29 is 13.6 Å².